The smallest absolute Gasteiger partial charge is 0.870 e. The summed E-state index contributed by atoms with van der Waals surface area (Å²) in [5.41, 5.74) is 4.78. The molecule has 0 fully saturated rings. The normalized spacial score (nSPS) is 4.00. The predicted molar refractivity (Wildman–Crippen MR) is 27.8 cm³/mol. The molecule has 0 saturated heterocycles. The number of hydrogen-bond donors (Lipinski definition) is 2. The van der Waals surface area contributed by atoms with E-state index in [9.17, 15) is 0 Å². The van der Waals surface area contributed by atoms with Gasteiger partial charge < -0.3 is 27.3 Å². The van der Waals surface area contributed by atoms with Crippen molar-refractivity contribution in [3.05, 3.63) is 0 Å². The number of rotatable bonds is 1. The maximum atomic E-state index is 7.75. The second-order valence-corrected chi connectivity index (χ2v) is 0.512. The Kier molecular flexibility index (Phi) is 290. The van der Waals surface area contributed by atoms with Crippen LogP contribution in [-0.2, 0) is 19.8 Å². The van der Waals surface area contributed by atoms with Gasteiger partial charge in [0, 0.05) is 6.54 Å². The first-order valence-corrected chi connectivity index (χ1v) is 3.81. The van der Waals surface area contributed by atoms with E-state index in [1.54, 1.807) is 0 Å². The van der Waals surface area contributed by atoms with Crippen LogP contribution in [-0.4, -0.2) is 34.7 Å². The van der Waals surface area contributed by atoms with Crippen molar-refractivity contribution >= 4 is 0 Å². The van der Waals surface area contributed by atoms with Crippen molar-refractivity contribution in [3.8, 4) is 0 Å². The van der Waals surface area contributed by atoms with Crippen LogP contribution in [0.2, 0.25) is 5.31 Å². The van der Waals surface area contributed by atoms with Crippen molar-refractivity contribution in [2.24, 2.45) is 5.73 Å². The van der Waals surface area contributed by atoms with Gasteiger partial charge in [0.15, 0.2) is 0 Å². The molecule has 0 rings (SSSR count). The molecular weight excluding hydrogens is 309 g/mol. The second kappa shape index (κ2) is 76.9. The Hall–Kier alpha value is 0.488. The monoisotopic (exact) mass is 322 g/mol. The van der Waals surface area contributed by atoms with Crippen LogP contribution in [0.3, 0.4) is 0 Å². The Labute approximate surface area is 66.1 Å². The molecule has 6 N–H and O–H groups in total. The Morgan fingerprint density at radius 3 is 1.33 bits per heavy atom. The van der Waals surface area contributed by atoms with E-state index in [1.165, 1.54) is 0 Å². The van der Waals surface area contributed by atoms with Gasteiger partial charge in [0.1, 0.15) is 0 Å². The van der Waals surface area contributed by atoms with Crippen molar-refractivity contribution in [2.75, 3.05) is 13.2 Å². The van der Waals surface area contributed by atoms with Crippen molar-refractivity contribution in [1.29, 1.82) is 0 Å². The molecule has 0 saturated carbocycles. The van der Waals surface area contributed by atoms with Crippen molar-refractivity contribution in [3.63, 3.8) is 0 Å². The van der Waals surface area contributed by atoms with Gasteiger partial charge in [-0.05, 0) is 0 Å². The number of aliphatic hydroxyl groups is 1. The molecule has 0 aromatic carbocycles. The Bertz CT molecular complexity index is 17.8. The van der Waals surface area contributed by atoms with Crippen LogP contribution in [0.25, 0.3) is 0 Å². The summed E-state index contributed by atoms with van der Waals surface area (Å²) in [7, 11) is 0. The van der Waals surface area contributed by atoms with Crippen molar-refractivity contribution < 1.29 is 41.3 Å². The van der Waals surface area contributed by atoms with E-state index in [1.807, 2.05) is 5.31 Å². The molecule has 0 atom stereocenters. The molecule has 6 heteroatoms. The maximum Gasteiger partial charge on any atom is -0.870 e. The summed E-state index contributed by atoms with van der Waals surface area (Å²) in [4.78, 5) is 0. The molecule has 0 aliphatic rings. The minimum Gasteiger partial charge on any atom is -0.870 e. The largest absolute Gasteiger partial charge is 0.870 e. The molecule has 0 aromatic heterocycles. The third kappa shape index (κ3) is 161. The first-order chi connectivity index (χ1) is 2.91. The van der Waals surface area contributed by atoms with Crippen molar-refractivity contribution in [2.45, 2.75) is 5.31 Å². The summed E-state index contributed by atoms with van der Waals surface area (Å²) in [6.45, 7) is 0.472. The molecule has 0 unspecified atom stereocenters. The molecule has 0 heterocycles. The van der Waals surface area contributed by atoms with Gasteiger partial charge in [0.25, 0.3) is 0 Å². The molecule has 0 radical (unpaired) electrons. The van der Waals surface area contributed by atoms with E-state index in [0.29, 0.717) is 6.54 Å². The molecule has 64 valence electrons. The van der Waals surface area contributed by atoms with Gasteiger partial charge in [-0.1, -0.05) is 0 Å². The van der Waals surface area contributed by atoms with Crippen LogP contribution in [0, 0.1) is 0 Å². The van der Waals surface area contributed by atoms with E-state index in [0.717, 1.165) is 0 Å². The van der Waals surface area contributed by atoms with Crippen LogP contribution in [0.4, 0.5) is 0 Å². The van der Waals surface area contributed by atoms with Crippen LogP contribution in [0.1, 0.15) is 0 Å². The fourth-order valence-corrected chi connectivity index (χ4v) is 0. The summed E-state index contributed by atoms with van der Waals surface area (Å²) in [5, 5.41) is 9.72. The molecule has 0 bridgehead atoms. The number of aliphatic hydroxyl groups excluding tert-OH is 1. The Balaban J connectivity index is -0.00000000990. The molecule has 9 heavy (non-hydrogen) atoms. The van der Waals surface area contributed by atoms with Gasteiger partial charge in [-0.25, -0.2) is 0 Å². The summed E-state index contributed by atoms with van der Waals surface area (Å²) < 4.78 is 0. The minimum absolute atomic E-state index is 0. The van der Waals surface area contributed by atoms with E-state index < -0.39 is 0 Å². The zero-order valence-electron chi connectivity index (χ0n) is 5.10. The summed E-state index contributed by atoms with van der Waals surface area (Å²) in [6, 6.07) is 0. The molecular formula is C3H13NO4Pt. The fraction of sp³-hybridized carbons (Fsp3) is 1.00. The van der Waals surface area contributed by atoms with Gasteiger partial charge >= 0.3 is 25.1 Å². The van der Waals surface area contributed by atoms with Gasteiger partial charge in [0.2, 0.25) is 0 Å². The van der Waals surface area contributed by atoms with E-state index in [-0.39, 0.29) is 23.0 Å². The molecule has 0 aliphatic carbocycles. The standard InChI is InChI=1S/C2H7NO.CH3.3H2O.Pt/c3-1-2-4;;;;;/h4H,1-3H2;1H3;3*1H2;/q;;;;;+3/p-3. The van der Waals surface area contributed by atoms with Crippen molar-refractivity contribution in [1.82, 2.24) is 0 Å². The van der Waals surface area contributed by atoms with Crippen LogP contribution < -0.4 is 5.73 Å². The van der Waals surface area contributed by atoms with Gasteiger partial charge in [-0.15, -0.1) is 0 Å². The fourth-order valence-electron chi connectivity index (χ4n) is 0. The zero-order chi connectivity index (χ0) is 5.41. The van der Waals surface area contributed by atoms with Crippen LogP contribution in [0.15, 0.2) is 0 Å². The zero-order valence-corrected chi connectivity index (χ0v) is 7.37. The molecule has 5 nitrogen and oxygen atoms in total. The first-order valence-electron chi connectivity index (χ1n) is 1.54. The number of nitrogens with two attached hydrogens (primary N) is 1. The van der Waals surface area contributed by atoms with Crippen LogP contribution >= 0.6 is 0 Å². The summed E-state index contributed by atoms with van der Waals surface area (Å²) >= 11 is 2.14. The second-order valence-electron chi connectivity index (χ2n) is 0.512. The van der Waals surface area contributed by atoms with E-state index in [4.69, 9.17) is 10.8 Å². The van der Waals surface area contributed by atoms with Gasteiger partial charge in [0.05, 0.1) is 6.61 Å². The molecule has 0 amide bonds. The summed E-state index contributed by atoms with van der Waals surface area (Å²) in [6.07, 6.45) is 0. The van der Waals surface area contributed by atoms with Gasteiger partial charge in [-0.2, -0.15) is 0 Å². The summed E-state index contributed by atoms with van der Waals surface area (Å²) in [5.74, 6) is 0. The van der Waals surface area contributed by atoms with E-state index >= 15 is 0 Å². The van der Waals surface area contributed by atoms with Crippen LogP contribution in [0.5, 0.6) is 0 Å². The van der Waals surface area contributed by atoms with Gasteiger partial charge in [-0.3, -0.25) is 0 Å². The molecule has 0 aromatic rings. The first kappa shape index (κ1) is 33.9. The number of hydrogen-bond acceptors (Lipinski definition) is 5. The average Bonchev–Trinajstić information content (AvgIpc) is 1.72. The predicted octanol–water partition coefficient (Wildman–Crippen LogP) is -1.01. The Morgan fingerprint density at radius 2 is 1.33 bits per heavy atom. The SMILES string of the molecule is NCCO.[CH3][Pt+3].[OH-].[OH-].[OH-]. The maximum absolute atomic E-state index is 7.75. The average molecular weight is 322 g/mol. The molecule has 0 aliphatic heterocycles. The molecule has 0 spiro atoms. The topological polar surface area (TPSA) is 136 Å². The quantitative estimate of drug-likeness (QED) is 0.637. The Morgan fingerprint density at radius 1 is 1.22 bits per heavy atom. The minimum atomic E-state index is 0. The third-order valence-electron chi connectivity index (χ3n) is 0.129. The third-order valence-corrected chi connectivity index (χ3v) is 0.129. The van der Waals surface area contributed by atoms with E-state index in [2.05, 4.69) is 19.8 Å².